The molecule has 0 spiro atoms. The van der Waals surface area contributed by atoms with Crippen molar-refractivity contribution in [1.82, 2.24) is 0 Å². The summed E-state index contributed by atoms with van der Waals surface area (Å²) in [6.07, 6.45) is 22.5. The first kappa shape index (κ1) is 15.5. The van der Waals surface area contributed by atoms with Crippen LogP contribution in [0.1, 0.15) is 78.1 Å². The molecule has 0 aromatic rings. The van der Waals surface area contributed by atoms with Gasteiger partial charge in [0.25, 0.3) is 0 Å². The molecule has 0 amide bonds. The lowest BCUT2D eigenvalue weighted by Gasteiger charge is -1.98. The Bertz CT molecular complexity index is 165. The van der Waals surface area contributed by atoms with Crippen molar-refractivity contribution in [2.75, 3.05) is 0 Å². The van der Waals surface area contributed by atoms with Crippen LogP contribution < -0.4 is 0 Å². The van der Waals surface area contributed by atoms with Gasteiger partial charge in [0.2, 0.25) is 0 Å². The smallest absolute Gasteiger partial charge is 0.0169 e. The highest BCUT2D eigenvalue weighted by molar-refractivity contribution is 4.92. The zero-order valence-electron chi connectivity index (χ0n) is 11.4. The molecule has 0 radical (unpaired) electrons. The van der Waals surface area contributed by atoms with Crippen LogP contribution in [0.3, 0.4) is 0 Å². The summed E-state index contributed by atoms with van der Waals surface area (Å²) < 4.78 is 0. The van der Waals surface area contributed by atoms with Crippen molar-refractivity contribution >= 4 is 0 Å². The Kier molecular flexibility index (Phi) is 14.0. The molecule has 0 unspecified atom stereocenters. The van der Waals surface area contributed by atoms with E-state index in [0.29, 0.717) is 0 Å². The molecule has 0 aromatic heterocycles. The first-order valence-electron chi connectivity index (χ1n) is 7.21. The second-order valence-corrected chi connectivity index (χ2v) is 4.50. The number of rotatable bonds is 11. The number of allylic oxidation sites excluding steroid dienone is 4. The monoisotopic (exact) mass is 222 g/mol. The number of unbranched alkanes of at least 4 members (excludes halogenated alkanes) is 7. The van der Waals surface area contributed by atoms with Gasteiger partial charge in [0, 0.05) is 0 Å². The quantitative estimate of drug-likeness (QED) is 0.295. The summed E-state index contributed by atoms with van der Waals surface area (Å²) in [6.45, 7) is 4.45. The largest absolute Gasteiger partial charge is 0.0885 e. The first-order chi connectivity index (χ1) is 7.91. The van der Waals surface area contributed by atoms with Crippen LogP contribution in [0.2, 0.25) is 0 Å². The van der Waals surface area contributed by atoms with Crippen LogP contribution in [0.4, 0.5) is 0 Å². The summed E-state index contributed by atoms with van der Waals surface area (Å²) in [7, 11) is 0. The highest BCUT2D eigenvalue weighted by Gasteiger charge is 1.88. The predicted molar refractivity (Wildman–Crippen MR) is 75.8 cm³/mol. The van der Waals surface area contributed by atoms with E-state index < -0.39 is 0 Å². The van der Waals surface area contributed by atoms with E-state index >= 15 is 0 Å². The number of hydrogen-bond donors (Lipinski definition) is 0. The normalized spacial score (nSPS) is 11.9. The third kappa shape index (κ3) is 13.5. The maximum absolute atomic E-state index is 2.34. The van der Waals surface area contributed by atoms with Gasteiger partial charge in [-0.2, -0.15) is 0 Å². The Morgan fingerprint density at radius 1 is 0.625 bits per heavy atom. The SMILES string of the molecule is CC/C=C/C/C=C\CCCCCCCCC. The fraction of sp³-hybridized carbons (Fsp3) is 0.750. The third-order valence-corrected chi connectivity index (χ3v) is 2.82. The summed E-state index contributed by atoms with van der Waals surface area (Å²) in [5, 5.41) is 0. The Labute approximate surface area is 103 Å². The fourth-order valence-electron chi connectivity index (χ4n) is 1.77. The molecule has 94 valence electrons. The minimum Gasteiger partial charge on any atom is -0.0885 e. The van der Waals surface area contributed by atoms with Gasteiger partial charge in [-0.1, -0.05) is 76.7 Å². The minimum atomic E-state index is 1.12. The molecule has 0 aliphatic heterocycles. The minimum absolute atomic E-state index is 1.12. The zero-order valence-corrected chi connectivity index (χ0v) is 11.4. The van der Waals surface area contributed by atoms with Crippen molar-refractivity contribution in [3.63, 3.8) is 0 Å². The molecule has 0 fully saturated rings. The van der Waals surface area contributed by atoms with E-state index in [4.69, 9.17) is 0 Å². The van der Waals surface area contributed by atoms with Crippen molar-refractivity contribution in [3.8, 4) is 0 Å². The van der Waals surface area contributed by atoms with Gasteiger partial charge in [-0.3, -0.25) is 0 Å². The molecule has 0 nitrogen and oxygen atoms in total. The molecule has 16 heavy (non-hydrogen) atoms. The average molecular weight is 222 g/mol. The van der Waals surface area contributed by atoms with Crippen molar-refractivity contribution in [2.24, 2.45) is 0 Å². The first-order valence-corrected chi connectivity index (χ1v) is 7.21. The number of hydrogen-bond acceptors (Lipinski definition) is 0. The van der Waals surface area contributed by atoms with E-state index in [1.165, 1.54) is 51.4 Å². The maximum Gasteiger partial charge on any atom is -0.0169 e. The van der Waals surface area contributed by atoms with E-state index in [0.717, 1.165) is 12.8 Å². The summed E-state index contributed by atoms with van der Waals surface area (Å²) >= 11 is 0. The zero-order chi connectivity index (χ0) is 11.9. The molecule has 0 rings (SSSR count). The summed E-state index contributed by atoms with van der Waals surface area (Å²) in [6, 6.07) is 0. The van der Waals surface area contributed by atoms with Crippen molar-refractivity contribution in [2.45, 2.75) is 78.1 Å². The van der Waals surface area contributed by atoms with Gasteiger partial charge in [0.15, 0.2) is 0 Å². The lowest BCUT2D eigenvalue weighted by molar-refractivity contribution is 0.592. The van der Waals surface area contributed by atoms with E-state index in [-0.39, 0.29) is 0 Å². The average Bonchev–Trinajstić information content (AvgIpc) is 2.31. The second kappa shape index (κ2) is 14.5. The summed E-state index contributed by atoms with van der Waals surface area (Å²) in [5.74, 6) is 0. The van der Waals surface area contributed by atoms with Crippen LogP contribution in [0.5, 0.6) is 0 Å². The Morgan fingerprint density at radius 2 is 1.25 bits per heavy atom. The molecular formula is C16H30. The highest BCUT2D eigenvalue weighted by Crippen LogP contribution is 2.08. The predicted octanol–water partition coefficient (Wildman–Crippen LogP) is 6.04. The van der Waals surface area contributed by atoms with Gasteiger partial charge < -0.3 is 0 Å². The van der Waals surface area contributed by atoms with E-state index in [1.54, 1.807) is 0 Å². The molecule has 0 aliphatic carbocycles. The molecule has 0 N–H and O–H groups in total. The van der Waals surface area contributed by atoms with E-state index in [1.807, 2.05) is 0 Å². The lowest BCUT2D eigenvalue weighted by atomic mass is 10.1. The van der Waals surface area contributed by atoms with Crippen LogP contribution >= 0.6 is 0 Å². The molecule has 0 bridgehead atoms. The summed E-state index contributed by atoms with van der Waals surface area (Å²) in [5.41, 5.74) is 0. The highest BCUT2D eigenvalue weighted by atomic mass is 13.9. The van der Waals surface area contributed by atoms with Crippen LogP contribution in [0, 0.1) is 0 Å². The molecule has 0 saturated heterocycles. The summed E-state index contributed by atoms with van der Waals surface area (Å²) in [4.78, 5) is 0. The van der Waals surface area contributed by atoms with Gasteiger partial charge in [0.05, 0.1) is 0 Å². The lowest BCUT2D eigenvalue weighted by Crippen LogP contribution is -1.78. The van der Waals surface area contributed by atoms with Gasteiger partial charge >= 0.3 is 0 Å². The van der Waals surface area contributed by atoms with Gasteiger partial charge in [-0.05, 0) is 25.7 Å². The van der Waals surface area contributed by atoms with Crippen LogP contribution in [0.15, 0.2) is 24.3 Å². The van der Waals surface area contributed by atoms with Crippen LogP contribution in [-0.2, 0) is 0 Å². The van der Waals surface area contributed by atoms with Crippen LogP contribution in [-0.4, -0.2) is 0 Å². The third-order valence-electron chi connectivity index (χ3n) is 2.82. The van der Waals surface area contributed by atoms with Crippen molar-refractivity contribution in [3.05, 3.63) is 24.3 Å². The topological polar surface area (TPSA) is 0 Å². The Morgan fingerprint density at radius 3 is 1.94 bits per heavy atom. The standard InChI is InChI=1S/C16H30/c1-3-5-7-9-11-13-15-16-14-12-10-8-6-4-2/h5,7,11,13H,3-4,6,8-10,12,14-16H2,1-2H3/b7-5+,13-11-. The molecule has 0 saturated carbocycles. The molecule has 0 aliphatic rings. The van der Waals surface area contributed by atoms with Crippen molar-refractivity contribution < 1.29 is 0 Å². The van der Waals surface area contributed by atoms with Gasteiger partial charge in [-0.15, -0.1) is 0 Å². The molecule has 0 atom stereocenters. The van der Waals surface area contributed by atoms with E-state index in [9.17, 15) is 0 Å². The van der Waals surface area contributed by atoms with E-state index in [2.05, 4.69) is 38.2 Å². The second-order valence-electron chi connectivity index (χ2n) is 4.50. The van der Waals surface area contributed by atoms with Crippen molar-refractivity contribution in [1.29, 1.82) is 0 Å². The molecular weight excluding hydrogens is 192 g/mol. The molecule has 0 heterocycles. The van der Waals surface area contributed by atoms with Gasteiger partial charge in [-0.25, -0.2) is 0 Å². The Balaban J connectivity index is 3.05. The molecule has 0 heteroatoms. The van der Waals surface area contributed by atoms with Gasteiger partial charge in [0.1, 0.15) is 0 Å². The molecule has 0 aromatic carbocycles. The van der Waals surface area contributed by atoms with Crippen LogP contribution in [0.25, 0.3) is 0 Å². The maximum atomic E-state index is 2.34. The fourth-order valence-corrected chi connectivity index (χ4v) is 1.77. The Hall–Kier alpha value is -0.520.